The van der Waals surface area contributed by atoms with E-state index in [9.17, 15) is 0 Å². The standard InChI is InChI=1S/C15H15N3S2/c1-11-13(12-6-4-3-5-7-12)8-9-16-14(11)10-17-18-15(19)20-2/h3-10H,1-2H3,(H,18,19)/b17-10-. The molecule has 0 amide bonds. The van der Waals surface area contributed by atoms with Gasteiger partial charge in [-0.25, -0.2) is 0 Å². The van der Waals surface area contributed by atoms with Crippen molar-refractivity contribution in [2.24, 2.45) is 5.10 Å². The van der Waals surface area contributed by atoms with Crippen molar-refractivity contribution in [3.05, 3.63) is 53.9 Å². The van der Waals surface area contributed by atoms with Crippen LogP contribution in [0.15, 0.2) is 47.7 Å². The molecule has 2 rings (SSSR count). The van der Waals surface area contributed by atoms with E-state index in [-0.39, 0.29) is 0 Å². The SMILES string of the molecule is CSC(=S)N/N=C\c1nccc(-c2ccccc2)c1C. The van der Waals surface area contributed by atoms with Crippen LogP contribution in [-0.4, -0.2) is 21.8 Å². The van der Waals surface area contributed by atoms with Crippen LogP contribution in [0, 0.1) is 6.92 Å². The highest BCUT2D eigenvalue weighted by atomic mass is 32.2. The first kappa shape index (κ1) is 14.7. The number of pyridine rings is 1. The summed E-state index contributed by atoms with van der Waals surface area (Å²) < 4.78 is 0.637. The molecule has 102 valence electrons. The first-order valence-corrected chi connectivity index (χ1v) is 7.73. The lowest BCUT2D eigenvalue weighted by molar-refractivity contribution is 1.07. The van der Waals surface area contributed by atoms with Crippen LogP contribution in [0.2, 0.25) is 0 Å². The quantitative estimate of drug-likeness (QED) is 0.534. The Hall–Kier alpha value is -1.72. The van der Waals surface area contributed by atoms with Crippen molar-refractivity contribution in [1.82, 2.24) is 10.4 Å². The van der Waals surface area contributed by atoms with Crippen molar-refractivity contribution < 1.29 is 0 Å². The molecule has 2 aromatic rings. The fraction of sp³-hybridized carbons (Fsp3) is 0.133. The smallest absolute Gasteiger partial charge is 0.153 e. The van der Waals surface area contributed by atoms with E-state index in [1.54, 1.807) is 12.4 Å². The van der Waals surface area contributed by atoms with Gasteiger partial charge in [0.2, 0.25) is 0 Å². The lowest BCUT2D eigenvalue weighted by atomic mass is 10.0. The summed E-state index contributed by atoms with van der Waals surface area (Å²) in [6, 6.07) is 12.3. The van der Waals surface area contributed by atoms with Crippen molar-refractivity contribution in [2.75, 3.05) is 6.26 Å². The molecule has 0 aliphatic carbocycles. The van der Waals surface area contributed by atoms with Gasteiger partial charge in [-0.15, -0.1) is 0 Å². The Morgan fingerprint density at radius 3 is 2.75 bits per heavy atom. The summed E-state index contributed by atoms with van der Waals surface area (Å²) in [4.78, 5) is 4.35. The Morgan fingerprint density at radius 1 is 1.30 bits per heavy atom. The largest absolute Gasteiger partial charge is 0.262 e. The second kappa shape index (κ2) is 7.17. The Bertz CT molecular complexity index is 624. The van der Waals surface area contributed by atoms with E-state index < -0.39 is 0 Å². The average molecular weight is 301 g/mol. The van der Waals surface area contributed by atoms with Crippen LogP contribution in [0.5, 0.6) is 0 Å². The van der Waals surface area contributed by atoms with E-state index in [1.165, 1.54) is 17.3 Å². The summed E-state index contributed by atoms with van der Waals surface area (Å²) >= 11 is 6.47. The minimum absolute atomic E-state index is 0.637. The van der Waals surface area contributed by atoms with Crippen molar-refractivity contribution in [3.8, 4) is 11.1 Å². The third-order valence-electron chi connectivity index (χ3n) is 2.86. The molecule has 1 aromatic heterocycles. The van der Waals surface area contributed by atoms with Crippen molar-refractivity contribution in [3.63, 3.8) is 0 Å². The minimum Gasteiger partial charge on any atom is -0.262 e. The van der Waals surface area contributed by atoms with Gasteiger partial charge in [0.15, 0.2) is 4.32 Å². The molecule has 1 heterocycles. The van der Waals surface area contributed by atoms with Crippen LogP contribution in [0.1, 0.15) is 11.3 Å². The fourth-order valence-electron chi connectivity index (χ4n) is 1.80. The highest BCUT2D eigenvalue weighted by Crippen LogP contribution is 2.23. The first-order valence-electron chi connectivity index (χ1n) is 6.10. The molecule has 0 saturated heterocycles. The molecule has 0 saturated carbocycles. The van der Waals surface area contributed by atoms with Crippen molar-refractivity contribution in [1.29, 1.82) is 0 Å². The molecule has 20 heavy (non-hydrogen) atoms. The summed E-state index contributed by atoms with van der Waals surface area (Å²) in [7, 11) is 0. The summed E-state index contributed by atoms with van der Waals surface area (Å²) in [6.45, 7) is 2.05. The molecule has 1 N–H and O–H groups in total. The summed E-state index contributed by atoms with van der Waals surface area (Å²) in [5.41, 5.74) is 7.06. The molecule has 0 aliphatic rings. The van der Waals surface area contributed by atoms with Gasteiger partial charge in [-0.05, 0) is 35.9 Å². The third-order valence-corrected chi connectivity index (χ3v) is 3.91. The molecule has 0 bridgehead atoms. The molecule has 0 atom stereocenters. The van der Waals surface area contributed by atoms with Crippen molar-refractivity contribution in [2.45, 2.75) is 6.92 Å². The predicted molar refractivity (Wildman–Crippen MR) is 91.3 cm³/mol. The van der Waals surface area contributed by atoms with Gasteiger partial charge in [0.1, 0.15) is 0 Å². The molecule has 0 fully saturated rings. The maximum atomic E-state index is 5.02. The number of aromatic nitrogens is 1. The second-order valence-corrected chi connectivity index (χ2v) is 5.58. The number of rotatable bonds is 3. The van der Waals surface area contributed by atoms with Gasteiger partial charge in [-0.3, -0.25) is 10.4 Å². The lowest BCUT2D eigenvalue weighted by Crippen LogP contribution is -2.10. The average Bonchev–Trinajstić information content (AvgIpc) is 2.49. The zero-order valence-electron chi connectivity index (χ0n) is 11.3. The van der Waals surface area contributed by atoms with Crippen LogP contribution >= 0.6 is 24.0 Å². The summed E-state index contributed by atoms with van der Waals surface area (Å²) in [5, 5.41) is 4.11. The summed E-state index contributed by atoms with van der Waals surface area (Å²) in [5.74, 6) is 0. The third kappa shape index (κ3) is 3.65. The number of hydrazone groups is 1. The number of thioether (sulfide) groups is 1. The zero-order valence-corrected chi connectivity index (χ0v) is 13.0. The van der Waals surface area contributed by atoms with Gasteiger partial charge in [-0.2, -0.15) is 5.10 Å². The molecule has 0 aliphatic heterocycles. The number of hydrogen-bond acceptors (Lipinski definition) is 4. The lowest BCUT2D eigenvalue weighted by Gasteiger charge is -2.07. The Kier molecular flexibility index (Phi) is 5.26. The second-order valence-electron chi connectivity index (χ2n) is 4.10. The normalized spacial score (nSPS) is 10.7. The van der Waals surface area contributed by atoms with Gasteiger partial charge in [0.25, 0.3) is 0 Å². The van der Waals surface area contributed by atoms with Crippen LogP contribution in [0.3, 0.4) is 0 Å². The van der Waals surface area contributed by atoms with Gasteiger partial charge < -0.3 is 0 Å². The maximum Gasteiger partial charge on any atom is 0.153 e. The van der Waals surface area contributed by atoms with E-state index in [0.717, 1.165) is 16.8 Å². The molecule has 0 unspecified atom stereocenters. The molecule has 0 spiro atoms. The number of thiocarbonyl (C=S) groups is 1. The molecule has 5 heteroatoms. The summed E-state index contributed by atoms with van der Waals surface area (Å²) in [6.07, 6.45) is 5.40. The van der Waals surface area contributed by atoms with E-state index in [0.29, 0.717) is 4.32 Å². The van der Waals surface area contributed by atoms with E-state index in [1.807, 2.05) is 37.4 Å². The fourth-order valence-corrected chi connectivity index (χ4v) is 2.00. The van der Waals surface area contributed by atoms with Gasteiger partial charge in [-0.1, -0.05) is 54.3 Å². The molecule has 3 nitrogen and oxygen atoms in total. The van der Waals surface area contributed by atoms with E-state index in [2.05, 4.69) is 27.6 Å². The monoisotopic (exact) mass is 301 g/mol. The zero-order chi connectivity index (χ0) is 14.4. The van der Waals surface area contributed by atoms with Crippen LogP contribution < -0.4 is 5.43 Å². The van der Waals surface area contributed by atoms with Gasteiger partial charge in [0, 0.05) is 6.20 Å². The first-order chi connectivity index (χ1) is 9.72. The number of benzene rings is 1. The molecular weight excluding hydrogens is 286 g/mol. The molecule has 0 radical (unpaired) electrons. The number of nitrogens with one attached hydrogen (secondary N) is 1. The van der Waals surface area contributed by atoms with Crippen LogP contribution in [0.4, 0.5) is 0 Å². The number of hydrogen-bond donors (Lipinski definition) is 1. The van der Waals surface area contributed by atoms with Gasteiger partial charge in [0.05, 0.1) is 11.9 Å². The van der Waals surface area contributed by atoms with E-state index in [4.69, 9.17) is 12.2 Å². The van der Waals surface area contributed by atoms with Crippen molar-refractivity contribution >= 4 is 34.5 Å². The predicted octanol–water partition coefficient (Wildman–Crippen LogP) is 3.63. The van der Waals surface area contributed by atoms with Gasteiger partial charge >= 0.3 is 0 Å². The van der Waals surface area contributed by atoms with Crippen LogP contribution in [0.25, 0.3) is 11.1 Å². The molecular formula is C15H15N3S2. The Balaban J connectivity index is 2.26. The molecule has 1 aromatic carbocycles. The number of nitrogens with zero attached hydrogens (tertiary/aromatic N) is 2. The topological polar surface area (TPSA) is 37.3 Å². The Labute approximate surface area is 128 Å². The van der Waals surface area contributed by atoms with Crippen LogP contribution in [-0.2, 0) is 0 Å². The highest BCUT2D eigenvalue weighted by molar-refractivity contribution is 8.22. The minimum atomic E-state index is 0.637. The highest BCUT2D eigenvalue weighted by Gasteiger charge is 2.05. The Morgan fingerprint density at radius 2 is 2.05 bits per heavy atom. The van der Waals surface area contributed by atoms with E-state index >= 15 is 0 Å². The maximum absolute atomic E-state index is 5.02.